The molecule has 0 saturated carbocycles. The van der Waals surface area contributed by atoms with Crippen molar-refractivity contribution < 1.29 is 14.3 Å². The van der Waals surface area contributed by atoms with Crippen molar-refractivity contribution >= 4 is 16.9 Å². The average Bonchev–Trinajstić information content (AvgIpc) is 3.25. The van der Waals surface area contributed by atoms with Gasteiger partial charge in [0.1, 0.15) is 5.65 Å². The highest BCUT2D eigenvalue weighted by Gasteiger charge is 2.12. The smallest absolute Gasteiger partial charge is 0.243 e. The molecule has 156 valence electrons. The number of hydrogen-bond acceptors (Lipinski definition) is 6. The van der Waals surface area contributed by atoms with Crippen LogP contribution in [-0.4, -0.2) is 40.1 Å². The van der Waals surface area contributed by atoms with E-state index in [-0.39, 0.29) is 12.5 Å². The molecule has 8 nitrogen and oxygen atoms in total. The number of fused-ring (bicyclic) bond motifs is 1. The molecule has 4 heterocycles. The van der Waals surface area contributed by atoms with Gasteiger partial charge in [-0.05, 0) is 35.4 Å². The summed E-state index contributed by atoms with van der Waals surface area (Å²) in [6.45, 7) is 3.72. The first-order valence-corrected chi connectivity index (χ1v) is 9.54. The standard InChI is InChI=1S/C23H21N5O3/c1-4-20(29)25-12-17-7-15(10-22(28-17)31-3)16-8-18-19(13-27-23(18)26-11-16)14-5-6-24-21(9-14)30-2/h4-11,13H,1,12H2,2-3H3,(H,25,29)(H,26,27). The Morgan fingerprint density at radius 1 is 1.10 bits per heavy atom. The molecule has 1 amide bonds. The third-order valence-electron chi connectivity index (χ3n) is 4.81. The van der Waals surface area contributed by atoms with E-state index in [9.17, 15) is 4.79 Å². The molecular formula is C23H21N5O3. The van der Waals surface area contributed by atoms with Gasteiger partial charge < -0.3 is 19.8 Å². The van der Waals surface area contributed by atoms with Gasteiger partial charge in [-0.15, -0.1) is 0 Å². The number of nitrogens with zero attached hydrogens (tertiary/aromatic N) is 3. The Kier molecular flexibility index (Phi) is 5.61. The molecule has 4 rings (SSSR count). The Morgan fingerprint density at radius 2 is 1.90 bits per heavy atom. The van der Waals surface area contributed by atoms with Crippen molar-refractivity contribution in [2.24, 2.45) is 0 Å². The van der Waals surface area contributed by atoms with Crippen molar-refractivity contribution in [1.82, 2.24) is 25.3 Å². The Labute approximate surface area is 179 Å². The Bertz CT molecular complexity index is 1270. The first-order valence-electron chi connectivity index (χ1n) is 9.54. The summed E-state index contributed by atoms with van der Waals surface area (Å²) >= 11 is 0. The van der Waals surface area contributed by atoms with Crippen LogP contribution in [0.2, 0.25) is 0 Å². The minimum absolute atomic E-state index is 0.261. The highest BCUT2D eigenvalue weighted by atomic mass is 16.5. The molecule has 0 bridgehead atoms. The van der Waals surface area contributed by atoms with Gasteiger partial charge in [-0.25, -0.2) is 15.0 Å². The van der Waals surface area contributed by atoms with Crippen LogP contribution in [0.25, 0.3) is 33.3 Å². The molecule has 0 aliphatic heterocycles. The molecular weight excluding hydrogens is 394 g/mol. The van der Waals surface area contributed by atoms with Gasteiger partial charge in [-0.1, -0.05) is 6.58 Å². The fourth-order valence-electron chi connectivity index (χ4n) is 3.26. The van der Waals surface area contributed by atoms with Crippen molar-refractivity contribution in [2.75, 3.05) is 14.2 Å². The van der Waals surface area contributed by atoms with Crippen LogP contribution >= 0.6 is 0 Å². The van der Waals surface area contributed by atoms with E-state index in [0.717, 1.165) is 33.3 Å². The van der Waals surface area contributed by atoms with Crippen LogP contribution in [0.1, 0.15) is 5.69 Å². The predicted octanol–water partition coefficient (Wildman–Crippen LogP) is 3.51. The van der Waals surface area contributed by atoms with Gasteiger partial charge in [-0.3, -0.25) is 4.79 Å². The lowest BCUT2D eigenvalue weighted by molar-refractivity contribution is -0.116. The lowest BCUT2D eigenvalue weighted by Crippen LogP contribution is -2.20. The number of aromatic amines is 1. The van der Waals surface area contributed by atoms with Crippen LogP contribution in [0.15, 0.2) is 61.6 Å². The molecule has 0 saturated heterocycles. The molecule has 31 heavy (non-hydrogen) atoms. The van der Waals surface area contributed by atoms with E-state index in [2.05, 4.69) is 37.9 Å². The number of carbonyl (C=O) groups excluding carboxylic acids is 1. The third-order valence-corrected chi connectivity index (χ3v) is 4.81. The van der Waals surface area contributed by atoms with Gasteiger partial charge in [0.15, 0.2) is 0 Å². The van der Waals surface area contributed by atoms with Crippen LogP contribution in [0.5, 0.6) is 11.8 Å². The molecule has 2 N–H and O–H groups in total. The summed E-state index contributed by atoms with van der Waals surface area (Å²) in [6.07, 6.45) is 6.64. The molecule has 0 aromatic carbocycles. The highest BCUT2D eigenvalue weighted by molar-refractivity contribution is 5.96. The number of hydrogen-bond donors (Lipinski definition) is 2. The van der Waals surface area contributed by atoms with Crippen LogP contribution in [0, 0.1) is 0 Å². The van der Waals surface area contributed by atoms with Crippen molar-refractivity contribution in [3.63, 3.8) is 0 Å². The number of rotatable bonds is 7. The molecule has 0 aliphatic rings. The molecule has 0 unspecified atom stereocenters. The predicted molar refractivity (Wildman–Crippen MR) is 118 cm³/mol. The number of carbonyl (C=O) groups is 1. The zero-order chi connectivity index (χ0) is 21.8. The summed E-state index contributed by atoms with van der Waals surface area (Å²) in [5, 5.41) is 3.69. The lowest BCUT2D eigenvalue weighted by Gasteiger charge is -2.09. The first-order chi connectivity index (χ1) is 15.1. The maximum atomic E-state index is 11.5. The molecule has 8 heteroatoms. The van der Waals surface area contributed by atoms with Gasteiger partial charge in [-0.2, -0.15) is 0 Å². The number of ether oxygens (including phenoxy) is 2. The summed E-state index contributed by atoms with van der Waals surface area (Å²) in [7, 11) is 3.15. The summed E-state index contributed by atoms with van der Waals surface area (Å²) in [4.78, 5) is 27.9. The highest BCUT2D eigenvalue weighted by Crippen LogP contribution is 2.32. The van der Waals surface area contributed by atoms with Crippen molar-refractivity contribution in [3.05, 3.63) is 67.3 Å². The van der Waals surface area contributed by atoms with E-state index in [1.807, 2.05) is 30.5 Å². The van der Waals surface area contributed by atoms with E-state index < -0.39 is 0 Å². The van der Waals surface area contributed by atoms with Gasteiger partial charge in [0, 0.05) is 47.2 Å². The van der Waals surface area contributed by atoms with Crippen LogP contribution < -0.4 is 14.8 Å². The lowest BCUT2D eigenvalue weighted by atomic mass is 10.0. The molecule has 0 atom stereocenters. The van der Waals surface area contributed by atoms with Crippen LogP contribution in [0.4, 0.5) is 0 Å². The van der Waals surface area contributed by atoms with Gasteiger partial charge in [0.2, 0.25) is 17.7 Å². The number of nitrogens with one attached hydrogen (secondary N) is 2. The number of amides is 1. The summed E-state index contributed by atoms with van der Waals surface area (Å²) in [6, 6.07) is 9.60. The molecule has 4 aromatic rings. The monoisotopic (exact) mass is 415 g/mol. The maximum absolute atomic E-state index is 11.5. The summed E-state index contributed by atoms with van der Waals surface area (Å²) in [5.74, 6) is 0.730. The van der Waals surface area contributed by atoms with Crippen molar-refractivity contribution in [2.45, 2.75) is 6.54 Å². The fourth-order valence-corrected chi connectivity index (χ4v) is 3.26. The van der Waals surface area contributed by atoms with Gasteiger partial charge >= 0.3 is 0 Å². The Morgan fingerprint density at radius 3 is 2.68 bits per heavy atom. The largest absolute Gasteiger partial charge is 0.481 e. The number of aromatic nitrogens is 4. The van der Waals surface area contributed by atoms with Crippen molar-refractivity contribution in [3.8, 4) is 34.0 Å². The van der Waals surface area contributed by atoms with Gasteiger partial charge in [0.05, 0.1) is 26.5 Å². The van der Waals surface area contributed by atoms with Crippen molar-refractivity contribution in [1.29, 1.82) is 0 Å². The number of H-pyrrole nitrogens is 1. The number of methoxy groups -OCH3 is 2. The number of pyridine rings is 3. The summed E-state index contributed by atoms with van der Waals surface area (Å²) in [5.41, 5.74) is 5.17. The van der Waals surface area contributed by atoms with Crippen LogP contribution in [-0.2, 0) is 11.3 Å². The molecule has 4 aromatic heterocycles. The maximum Gasteiger partial charge on any atom is 0.243 e. The quantitative estimate of drug-likeness (QED) is 0.448. The molecule has 0 aliphatic carbocycles. The van der Waals surface area contributed by atoms with E-state index >= 15 is 0 Å². The molecule has 0 radical (unpaired) electrons. The van der Waals surface area contributed by atoms with E-state index in [4.69, 9.17) is 9.47 Å². The minimum atomic E-state index is -0.265. The first kappa shape index (κ1) is 20.1. The molecule has 0 spiro atoms. The summed E-state index contributed by atoms with van der Waals surface area (Å²) < 4.78 is 10.6. The topological polar surface area (TPSA) is 102 Å². The van der Waals surface area contributed by atoms with E-state index in [1.165, 1.54) is 6.08 Å². The second kappa shape index (κ2) is 8.66. The minimum Gasteiger partial charge on any atom is -0.481 e. The Balaban J connectivity index is 1.76. The third kappa shape index (κ3) is 4.23. The van der Waals surface area contributed by atoms with Gasteiger partial charge in [0.25, 0.3) is 0 Å². The Hall–Kier alpha value is -4.20. The fraction of sp³-hybridized carbons (Fsp3) is 0.130. The second-order valence-corrected chi connectivity index (χ2v) is 6.72. The second-order valence-electron chi connectivity index (χ2n) is 6.72. The zero-order valence-electron chi connectivity index (χ0n) is 17.2. The van der Waals surface area contributed by atoms with Crippen LogP contribution in [0.3, 0.4) is 0 Å². The zero-order valence-corrected chi connectivity index (χ0v) is 17.2. The SMILES string of the molecule is C=CC(=O)NCc1cc(-c2cnc3[nH]cc(-c4ccnc(OC)c4)c3c2)cc(OC)n1. The van der Waals surface area contributed by atoms with E-state index in [0.29, 0.717) is 17.5 Å². The average molecular weight is 415 g/mol. The molecule has 0 fully saturated rings. The van der Waals surface area contributed by atoms with E-state index in [1.54, 1.807) is 26.6 Å². The normalized spacial score (nSPS) is 10.6.